The van der Waals surface area contributed by atoms with Crippen molar-refractivity contribution in [2.24, 2.45) is 0 Å². The van der Waals surface area contributed by atoms with Gasteiger partial charge in [0.2, 0.25) is 5.91 Å². The summed E-state index contributed by atoms with van der Waals surface area (Å²) in [6, 6.07) is 15.2. The Morgan fingerprint density at radius 1 is 1.00 bits per heavy atom. The molecule has 2 amide bonds. The molecule has 2 heterocycles. The van der Waals surface area contributed by atoms with Crippen molar-refractivity contribution in [1.29, 1.82) is 0 Å². The highest BCUT2D eigenvalue weighted by atomic mass is 35.5. The molecule has 2 N–H and O–H groups in total. The topological polar surface area (TPSA) is 97.4 Å². The van der Waals surface area contributed by atoms with Crippen molar-refractivity contribution in [2.45, 2.75) is 6.42 Å². The fourth-order valence-corrected chi connectivity index (χ4v) is 2.90. The van der Waals surface area contributed by atoms with Gasteiger partial charge < -0.3 is 19.6 Å². The number of carbonyl (C=O) groups is 2. The smallest absolute Gasteiger partial charge is 0.291 e. The Kier molecular flexibility index (Phi) is 4.82. The first-order valence-electron chi connectivity index (χ1n) is 8.38. The second-order valence-corrected chi connectivity index (χ2v) is 6.41. The van der Waals surface area contributed by atoms with Crippen LogP contribution in [0.3, 0.4) is 0 Å². The lowest BCUT2D eigenvalue weighted by Gasteiger charge is -2.12. The highest BCUT2D eigenvalue weighted by Gasteiger charge is 2.16. The number of nitrogens with zero attached hydrogens (tertiary/aromatic N) is 1. The molecule has 2 aromatic carbocycles. The summed E-state index contributed by atoms with van der Waals surface area (Å²) >= 11 is 6.03. The normalized spacial score (nSPS) is 10.8. The minimum atomic E-state index is -0.453. The van der Waals surface area contributed by atoms with Gasteiger partial charge in [-0.25, -0.2) is 0 Å². The number of carbonyl (C=O) groups excluding carboxylic acids is 2. The summed E-state index contributed by atoms with van der Waals surface area (Å²) in [4.78, 5) is 24.8. The van der Waals surface area contributed by atoms with E-state index in [2.05, 4.69) is 15.8 Å². The summed E-state index contributed by atoms with van der Waals surface area (Å²) in [5, 5.41) is 10.6. The maximum atomic E-state index is 12.5. The zero-order chi connectivity index (χ0) is 19.5. The van der Waals surface area contributed by atoms with Gasteiger partial charge in [0.15, 0.2) is 11.3 Å². The predicted octanol–water partition coefficient (Wildman–Crippen LogP) is 4.51. The quantitative estimate of drug-likeness (QED) is 0.518. The number of hydrogen-bond acceptors (Lipinski definition) is 5. The van der Waals surface area contributed by atoms with Crippen molar-refractivity contribution in [3.63, 3.8) is 0 Å². The van der Waals surface area contributed by atoms with Gasteiger partial charge in [0, 0.05) is 10.4 Å². The molecule has 0 saturated heterocycles. The molecule has 0 aliphatic carbocycles. The molecule has 0 spiro atoms. The summed E-state index contributed by atoms with van der Waals surface area (Å²) in [6.45, 7) is 0. The van der Waals surface area contributed by atoms with E-state index in [1.165, 1.54) is 12.3 Å². The summed E-state index contributed by atoms with van der Waals surface area (Å²) < 4.78 is 10.3. The lowest BCUT2D eigenvalue weighted by atomic mass is 10.1. The molecule has 0 saturated carbocycles. The molecule has 0 unspecified atom stereocenters. The molecule has 0 aliphatic rings. The highest BCUT2D eigenvalue weighted by Crippen LogP contribution is 2.27. The van der Waals surface area contributed by atoms with Crippen LogP contribution in [0.15, 0.2) is 69.8 Å². The number of halogens is 1. The van der Waals surface area contributed by atoms with Gasteiger partial charge in [-0.3, -0.25) is 9.59 Å². The lowest BCUT2D eigenvalue weighted by molar-refractivity contribution is -0.115. The molecule has 140 valence electrons. The predicted molar refractivity (Wildman–Crippen MR) is 104 cm³/mol. The van der Waals surface area contributed by atoms with Crippen molar-refractivity contribution in [1.82, 2.24) is 5.16 Å². The van der Waals surface area contributed by atoms with Crippen molar-refractivity contribution < 1.29 is 18.5 Å². The fourth-order valence-electron chi connectivity index (χ4n) is 2.73. The van der Waals surface area contributed by atoms with E-state index in [1.807, 2.05) is 18.2 Å². The minimum Gasteiger partial charge on any atom is -0.459 e. The average Bonchev–Trinajstić information content (AvgIpc) is 3.35. The summed E-state index contributed by atoms with van der Waals surface area (Å²) in [5.41, 5.74) is 1.90. The fraction of sp³-hybridized carbons (Fsp3) is 0.0500. The lowest BCUT2D eigenvalue weighted by Crippen LogP contribution is -2.18. The van der Waals surface area contributed by atoms with E-state index in [9.17, 15) is 9.59 Å². The van der Waals surface area contributed by atoms with Gasteiger partial charge in [-0.15, -0.1) is 0 Å². The van der Waals surface area contributed by atoms with Gasteiger partial charge in [-0.05, 0) is 42.5 Å². The highest BCUT2D eigenvalue weighted by molar-refractivity contribution is 6.31. The first-order valence-corrected chi connectivity index (χ1v) is 8.75. The molecule has 0 bridgehead atoms. The van der Waals surface area contributed by atoms with Gasteiger partial charge in [0.05, 0.1) is 24.1 Å². The van der Waals surface area contributed by atoms with Crippen LogP contribution in [0.2, 0.25) is 5.02 Å². The Morgan fingerprint density at radius 3 is 2.68 bits per heavy atom. The number of benzene rings is 2. The molecule has 0 fully saturated rings. The maximum Gasteiger partial charge on any atom is 0.291 e. The van der Waals surface area contributed by atoms with Crippen LogP contribution in [-0.2, 0) is 11.2 Å². The number of rotatable bonds is 5. The molecule has 2 aromatic heterocycles. The summed E-state index contributed by atoms with van der Waals surface area (Å²) in [7, 11) is 0. The first kappa shape index (κ1) is 17.8. The van der Waals surface area contributed by atoms with Crippen LogP contribution in [0.1, 0.15) is 16.2 Å². The molecule has 0 radical (unpaired) electrons. The van der Waals surface area contributed by atoms with E-state index >= 15 is 0 Å². The number of aromatic nitrogens is 1. The molecule has 8 heteroatoms. The second kappa shape index (κ2) is 7.58. The average molecular weight is 396 g/mol. The zero-order valence-corrected chi connectivity index (χ0v) is 15.2. The van der Waals surface area contributed by atoms with E-state index < -0.39 is 5.91 Å². The Morgan fingerprint density at radius 2 is 1.86 bits per heavy atom. The molecule has 7 nitrogen and oxygen atoms in total. The summed E-state index contributed by atoms with van der Waals surface area (Å²) in [6.07, 6.45) is 1.42. The number of amides is 2. The molecule has 28 heavy (non-hydrogen) atoms. The zero-order valence-electron chi connectivity index (χ0n) is 14.4. The summed E-state index contributed by atoms with van der Waals surface area (Å²) in [5.74, 6) is -0.619. The third kappa shape index (κ3) is 3.74. The number of hydrogen-bond donors (Lipinski definition) is 2. The van der Waals surface area contributed by atoms with E-state index in [0.29, 0.717) is 27.7 Å². The molecular weight excluding hydrogens is 382 g/mol. The van der Waals surface area contributed by atoms with Crippen molar-refractivity contribution in [3.8, 4) is 0 Å². The molecule has 0 aliphatic heterocycles. The van der Waals surface area contributed by atoms with Crippen LogP contribution in [0.4, 0.5) is 11.4 Å². The van der Waals surface area contributed by atoms with Crippen molar-refractivity contribution in [2.75, 3.05) is 10.6 Å². The molecule has 4 aromatic rings. The Hall–Kier alpha value is -3.58. The largest absolute Gasteiger partial charge is 0.459 e. The van der Waals surface area contributed by atoms with E-state index in [0.717, 1.165) is 5.39 Å². The van der Waals surface area contributed by atoms with Crippen LogP contribution in [-0.4, -0.2) is 17.0 Å². The monoisotopic (exact) mass is 395 g/mol. The number of nitrogens with one attached hydrogen (secondary N) is 2. The maximum absolute atomic E-state index is 12.5. The Bertz CT molecular complexity index is 1150. The van der Waals surface area contributed by atoms with E-state index in [1.54, 1.807) is 30.3 Å². The number of anilines is 2. The van der Waals surface area contributed by atoms with E-state index in [4.69, 9.17) is 20.5 Å². The van der Waals surface area contributed by atoms with Crippen LogP contribution in [0.25, 0.3) is 11.0 Å². The van der Waals surface area contributed by atoms with Crippen LogP contribution in [0, 0.1) is 0 Å². The third-order valence-electron chi connectivity index (χ3n) is 4.03. The molecule has 4 rings (SSSR count). The standard InChI is InChI=1S/C20H14ClN3O4/c21-12-7-8-14(16(10-12)23-20(26)18-6-3-9-27-18)22-19(25)11-15-13-4-1-2-5-17(13)28-24-15/h1-10H,11H2,(H,22,25)(H,23,26). The van der Waals surface area contributed by atoms with E-state index in [-0.39, 0.29) is 18.1 Å². The van der Waals surface area contributed by atoms with Crippen molar-refractivity contribution in [3.05, 3.63) is 77.3 Å². The Balaban J connectivity index is 1.52. The van der Waals surface area contributed by atoms with Crippen LogP contribution < -0.4 is 10.6 Å². The minimum absolute atomic E-state index is 0.0191. The van der Waals surface area contributed by atoms with Gasteiger partial charge in [0.1, 0.15) is 5.69 Å². The van der Waals surface area contributed by atoms with Gasteiger partial charge in [-0.1, -0.05) is 28.9 Å². The number of fused-ring (bicyclic) bond motifs is 1. The van der Waals surface area contributed by atoms with Gasteiger partial charge in [0.25, 0.3) is 5.91 Å². The van der Waals surface area contributed by atoms with Gasteiger partial charge in [-0.2, -0.15) is 0 Å². The van der Waals surface area contributed by atoms with Crippen LogP contribution >= 0.6 is 11.6 Å². The second-order valence-electron chi connectivity index (χ2n) is 5.97. The SMILES string of the molecule is O=C(Cc1noc2ccccc12)Nc1ccc(Cl)cc1NC(=O)c1ccco1. The first-order chi connectivity index (χ1) is 13.6. The number of para-hydroxylation sites is 1. The van der Waals surface area contributed by atoms with Crippen molar-refractivity contribution >= 4 is 45.8 Å². The van der Waals surface area contributed by atoms with Crippen LogP contribution in [0.5, 0.6) is 0 Å². The van der Waals surface area contributed by atoms with Gasteiger partial charge >= 0.3 is 0 Å². The molecular formula is C20H14ClN3O4. The molecule has 0 atom stereocenters. The Labute approximate surface area is 164 Å². The third-order valence-corrected chi connectivity index (χ3v) is 4.26. The number of furan rings is 1.